The minimum absolute atomic E-state index is 0.0104. The molecule has 0 spiro atoms. The van der Waals surface area contributed by atoms with E-state index in [9.17, 15) is 9.90 Å². The van der Waals surface area contributed by atoms with Crippen molar-refractivity contribution in [3.05, 3.63) is 39.9 Å². The number of rotatable bonds is 0. The average molecular weight is 190 g/mol. The van der Waals surface area contributed by atoms with Gasteiger partial charge in [0.15, 0.2) is 5.43 Å². The highest BCUT2D eigenvalue weighted by Gasteiger charge is 2.13. The standard InChI is InChI=1S/C11H10O3/c1-6-3-8-4-10(12)7(2)11(13)9(8)5-14-6/h3-5,13H,1-2H3. The number of phenols is 1. The summed E-state index contributed by atoms with van der Waals surface area (Å²) >= 11 is 0. The predicted octanol–water partition coefficient (Wildman–Crippen LogP) is 2.07. The van der Waals surface area contributed by atoms with E-state index in [0.717, 1.165) is 0 Å². The minimum Gasteiger partial charge on any atom is -0.507 e. The van der Waals surface area contributed by atoms with E-state index in [4.69, 9.17) is 4.42 Å². The summed E-state index contributed by atoms with van der Waals surface area (Å²) in [6.45, 7) is 3.39. The molecule has 3 nitrogen and oxygen atoms in total. The van der Waals surface area contributed by atoms with Crippen LogP contribution in [0.2, 0.25) is 0 Å². The lowest BCUT2D eigenvalue weighted by atomic mass is 10.0. The molecule has 1 aliphatic heterocycles. The summed E-state index contributed by atoms with van der Waals surface area (Å²) in [6.07, 6.45) is 1.46. The zero-order valence-corrected chi connectivity index (χ0v) is 8.00. The molecule has 0 unspecified atom stereocenters. The van der Waals surface area contributed by atoms with Crippen molar-refractivity contribution in [2.75, 3.05) is 0 Å². The van der Waals surface area contributed by atoms with Gasteiger partial charge in [-0.1, -0.05) is 0 Å². The molecule has 0 radical (unpaired) electrons. The maximum Gasteiger partial charge on any atom is 0.185 e. The molecular weight excluding hydrogens is 180 g/mol. The van der Waals surface area contributed by atoms with Crippen LogP contribution in [-0.4, -0.2) is 5.11 Å². The Bertz CT molecular complexity index is 511. The van der Waals surface area contributed by atoms with Gasteiger partial charge in [-0.15, -0.1) is 0 Å². The van der Waals surface area contributed by atoms with Crippen LogP contribution in [0.15, 0.2) is 27.6 Å². The summed E-state index contributed by atoms with van der Waals surface area (Å²) in [5.41, 5.74) is 1.49. The fourth-order valence-corrected chi connectivity index (χ4v) is 1.43. The molecule has 72 valence electrons. The Balaban J connectivity index is 2.91. The molecule has 1 aliphatic carbocycles. The molecule has 0 saturated carbocycles. The van der Waals surface area contributed by atoms with Gasteiger partial charge in [0.25, 0.3) is 0 Å². The first kappa shape index (κ1) is 8.81. The number of hydrogen-bond donors (Lipinski definition) is 1. The number of aryl methyl sites for hydroxylation is 1. The predicted molar refractivity (Wildman–Crippen MR) is 52.7 cm³/mol. The van der Waals surface area contributed by atoms with Crippen molar-refractivity contribution in [3.8, 4) is 16.9 Å². The topological polar surface area (TPSA) is 50.4 Å². The van der Waals surface area contributed by atoms with E-state index in [-0.39, 0.29) is 11.2 Å². The monoisotopic (exact) mass is 190 g/mol. The van der Waals surface area contributed by atoms with Gasteiger partial charge in [0.1, 0.15) is 17.8 Å². The zero-order valence-electron chi connectivity index (χ0n) is 8.00. The highest BCUT2D eigenvalue weighted by atomic mass is 16.3. The van der Waals surface area contributed by atoms with E-state index >= 15 is 0 Å². The van der Waals surface area contributed by atoms with Gasteiger partial charge in [0.05, 0.1) is 5.56 Å². The van der Waals surface area contributed by atoms with Crippen molar-refractivity contribution in [1.82, 2.24) is 0 Å². The Hall–Kier alpha value is -1.77. The van der Waals surface area contributed by atoms with Crippen LogP contribution < -0.4 is 5.43 Å². The number of phenolic OH excluding ortho intramolecular Hbond substituents is 1. The first-order chi connectivity index (χ1) is 6.59. The number of aromatic hydroxyl groups is 1. The number of hydrogen-bond acceptors (Lipinski definition) is 3. The molecule has 2 aliphatic rings. The molecule has 0 atom stereocenters. The largest absolute Gasteiger partial charge is 0.507 e. The van der Waals surface area contributed by atoms with E-state index in [1.807, 2.05) is 0 Å². The van der Waals surface area contributed by atoms with Crippen molar-refractivity contribution in [2.45, 2.75) is 13.8 Å². The molecule has 0 aromatic heterocycles. The highest BCUT2D eigenvalue weighted by Crippen LogP contribution is 2.31. The van der Waals surface area contributed by atoms with Gasteiger partial charge >= 0.3 is 0 Å². The summed E-state index contributed by atoms with van der Waals surface area (Å²) in [4.78, 5) is 11.4. The third kappa shape index (κ3) is 1.18. The lowest BCUT2D eigenvalue weighted by Gasteiger charge is -2.08. The van der Waals surface area contributed by atoms with E-state index in [0.29, 0.717) is 22.5 Å². The maximum absolute atomic E-state index is 11.4. The molecule has 3 heteroatoms. The normalized spacial score (nSPS) is 10.7. The molecular formula is C11H10O3. The number of benzene rings is 1. The van der Waals surface area contributed by atoms with Crippen molar-refractivity contribution in [1.29, 1.82) is 0 Å². The Kier molecular flexibility index (Phi) is 1.81. The Morgan fingerprint density at radius 3 is 2.71 bits per heavy atom. The van der Waals surface area contributed by atoms with Crippen LogP contribution in [0.4, 0.5) is 0 Å². The van der Waals surface area contributed by atoms with Crippen LogP contribution in [0.25, 0.3) is 11.1 Å². The lowest BCUT2D eigenvalue weighted by molar-refractivity contribution is 0.464. The fourth-order valence-electron chi connectivity index (χ4n) is 1.43. The Morgan fingerprint density at radius 1 is 1.29 bits per heavy atom. The zero-order chi connectivity index (χ0) is 10.3. The molecule has 0 aromatic carbocycles. The second-order valence-electron chi connectivity index (χ2n) is 3.34. The molecule has 14 heavy (non-hydrogen) atoms. The summed E-state index contributed by atoms with van der Waals surface area (Å²) in [5, 5.41) is 9.67. The second-order valence-corrected chi connectivity index (χ2v) is 3.34. The van der Waals surface area contributed by atoms with Gasteiger partial charge < -0.3 is 9.52 Å². The van der Waals surface area contributed by atoms with E-state index in [1.165, 1.54) is 12.3 Å². The molecule has 0 bridgehead atoms. The maximum atomic E-state index is 11.4. The Labute approximate surface area is 81.0 Å². The lowest BCUT2D eigenvalue weighted by Crippen LogP contribution is -2.05. The van der Waals surface area contributed by atoms with Gasteiger partial charge in [0, 0.05) is 5.56 Å². The van der Waals surface area contributed by atoms with E-state index < -0.39 is 0 Å². The van der Waals surface area contributed by atoms with Crippen molar-refractivity contribution in [2.24, 2.45) is 0 Å². The van der Waals surface area contributed by atoms with Crippen molar-refractivity contribution < 1.29 is 9.52 Å². The summed E-state index contributed by atoms with van der Waals surface area (Å²) in [6, 6.07) is 3.24. The molecule has 0 aromatic rings. The van der Waals surface area contributed by atoms with Crippen LogP contribution in [0, 0.1) is 13.8 Å². The van der Waals surface area contributed by atoms with Crippen LogP contribution in [-0.2, 0) is 0 Å². The van der Waals surface area contributed by atoms with E-state index in [1.54, 1.807) is 19.9 Å². The Morgan fingerprint density at radius 2 is 2.00 bits per heavy atom. The molecule has 1 heterocycles. The third-order valence-corrected chi connectivity index (χ3v) is 2.30. The van der Waals surface area contributed by atoms with Crippen LogP contribution in [0.5, 0.6) is 5.75 Å². The van der Waals surface area contributed by atoms with Crippen LogP contribution >= 0.6 is 0 Å². The molecule has 0 amide bonds. The van der Waals surface area contributed by atoms with E-state index in [2.05, 4.69) is 0 Å². The summed E-state index contributed by atoms with van der Waals surface area (Å²) < 4.78 is 5.15. The van der Waals surface area contributed by atoms with Crippen molar-refractivity contribution >= 4 is 0 Å². The quantitative estimate of drug-likeness (QED) is 0.691. The average Bonchev–Trinajstić information content (AvgIpc) is 2.14. The molecule has 1 N–H and O–H groups in total. The number of fused-ring (bicyclic) bond motifs is 1. The van der Waals surface area contributed by atoms with Crippen LogP contribution in [0.1, 0.15) is 11.3 Å². The van der Waals surface area contributed by atoms with Gasteiger partial charge in [0.2, 0.25) is 0 Å². The van der Waals surface area contributed by atoms with Crippen molar-refractivity contribution in [3.63, 3.8) is 0 Å². The third-order valence-electron chi connectivity index (χ3n) is 2.30. The first-order valence-electron chi connectivity index (χ1n) is 4.31. The van der Waals surface area contributed by atoms with Gasteiger partial charge in [-0.25, -0.2) is 0 Å². The molecule has 0 fully saturated rings. The second kappa shape index (κ2) is 2.87. The molecule has 0 saturated heterocycles. The van der Waals surface area contributed by atoms with Crippen LogP contribution in [0.3, 0.4) is 0 Å². The fraction of sp³-hybridized carbons (Fsp3) is 0.182. The van der Waals surface area contributed by atoms with Gasteiger partial charge in [-0.3, -0.25) is 4.79 Å². The first-order valence-corrected chi connectivity index (χ1v) is 4.31. The molecule has 2 rings (SSSR count). The van der Waals surface area contributed by atoms with Gasteiger partial charge in [-0.2, -0.15) is 0 Å². The van der Waals surface area contributed by atoms with Gasteiger partial charge in [-0.05, 0) is 31.5 Å². The summed E-state index contributed by atoms with van der Waals surface area (Å²) in [7, 11) is 0. The summed E-state index contributed by atoms with van der Waals surface area (Å²) in [5.74, 6) is 0.719. The smallest absolute Gasteiger partial charge is 0.185 e. The highest BCUT2D eigenvalue weighted by molar-refractivity contribution is 5.72. The minimum atomic E-state index is -0.152. The SMILES string of the molecule is Cc1cc2cc(=O)c(C)c(O)c-2co1.